The lowest BCUT2D eigenvalue weighted by Gasteiger charge is -2.38. The second kappa shape index (κ2) is 10.2. The topological polar surface area (TPSA) is 61.6 Å². The summed E-state index contributed by atoms with van der Waals surface area (Å²) in [6.45, 7) is 11.9. The largest absolute Gasteiger partial charge is 0.366 e. The molecule has 0 aliphatic carbocycles. The average molecular weight is 402 g/mol. The first-order chi connectivity index (χ1) is 14.1. The molecule has 7 nitrogen and oxygen atoms in total. The first kappa shape index (κ1) is 21.1. The quantitative estimate of drug-likeness (QED) is 0.570. The summed E-state index contributed by atoms with van der Waals surface area (Å²) >= 11 is 0. The molecule has 0 saturated carbocycles. The number of hydrogen-bond acceptors (Lipinski definition) is 4. The van der Waals surface area contributed by atoms with Crippen molar-refractivity contribution in [2.75, 3.05) is 44.2 Å². The highest BCUT2D eigenvalue weighted by Gasteiger charge is 2.21. The Morgan fingerprint density at radius 3 is 2.66 bits per heavy atom. The van der Waals surface area contributed by atoms with Gasteiger partial charge in [-0.25, -0.2) is 4.39 Å². The van der Waals surface area contributed by atoms with E-state index in [4.69, 9.17) is 4.99 Å². The zero-order valence-corrected chi connectivity index (χ0v) is 17.7. The second-order valence-corrected chi connectivity index (χ2v) is 7.70. The van der Waals surface area contributed by atoms with Crippen LogP contribution < -0.4 is 10.2 Å². The summed E-state index contributed by atoms with van der Waals surface area (Å²) in [4.78, 5) is 9.20. The number of anilines is 1. The summed E-state index contributed by atoms with van der Waals surface area (Å²) in [6, 6.07) is 6.99. The van der Waals surface area contributed by atoms with Crippen molar-refractivity contribution >= 4 is 11.6 Å². The van der Waals surface area contributed by atoms with Gasteiger partial charge in [-0.3, -0.25) is 4.99 Å². The molecule has 158 valence electrons. The molecule has 1 aliphatic rings. The predicted molar refractivity (Wildman–Crippen MR) is 115 cm³/mol. The predicted octanol–water partition coefficient (Wildman–Crippen LogP) is 2.40. The Morgan fingerprint density at radius 1 is 1.21 bits per heavy atom. The van der Waals surface area contributed by atoms with Crippen LogP contribution in [0.15, 0.2) is 35.6 Å². The monoisotopic (exact) mass is 401 g/mol. The summed E-state index contributed by atoms with van der Waals surface area (Å²) < 4.78 is 16.2. The van der Waals surface area contributed by atoms with Crippen LogP contribution in [0.1, 0.15) is 26.6 Å². The van der Waals surface area contributed by atoms with Crippen LogP contribution in [-0.2, 0) is 13.0 Å². The van der Waals surface area contributed by atoms with Gasteiger partial charge in [-0.1, -0.05) is 32.9 Å². The van der Waals surface area contributed by atoms with Crippen LogP contribution in [0, 0.1) is 11.7 Å². The maximum absolute atomic E-state index is 14.1. The lowest BCUT2D eigenvalue weighted by atomic mass is 10.2. The minimum Gasteiger partial charge on any atom is -0.366 e. The number of halogens is 1. The molecule has 1 aliphatic heterocycles. The van der Waals surface area contributed by atoms with Crippen LogP contribution in [0.25, 0.3) is 0 Å². The highest BCUT2D eigenvalue weighted by Crippen LogP contribution is 2.20. The van der Waals surface area contributed by atoms with Crippen molar-refractivity contribution in [1.29, 1.82) is 0 Å². The molecule has 0 amide bonds. The molecule has 3 rings (SSSR count). The molecule has 0 atom stereocenters. The zero-order valence-electron chi connectivity index (χ0n) is 17.7. The molecule has 2 heterocycles. The van der Waals surface area contributed by atoms with Gasteiger partial charge in [0.2, 0.25) is 0 Å². The number of para-hydroxylation sites is 1. The number of rotatable bonds is 7. The van der Waals surface area contributed by atoms with Gasteiger partial charge in [0.05, 0.1) is 5.69 Å². The molecule has 1 fully saturated rings. The average Bonchev–Trinajstić information content (AvgIpc) is 3.18. The molecule has 29 heavy (non-hydrogen) atoms. The third kappa shape index (κ3) is 5.68. The van der Waals surface area contributed by atoms with Gasteiger partial charge in [0, 0.05) is 52.2 Å². The van der Waals surface area contributed by atoms with Gasteiger partial charge in [-0.05, 0) is 18.1 Å². The molecule has 0 radical (unpaired) electrons. The Labute approximate surface area is 172 Å². The molecule has 2 aromatic rings. The fourth-order valence-electron chi connectivity index (χ4n) is 3.43. The minimum absolute atomic E-state index is 0.159. The van der Waals surface area contributed by atoms with Crippen molar-refractivity contribution in [3.8, 4) is 0 Å². The van der Waals surface area contributed by atoms with E-state index in [9.17, 15) is 4.39 Å². The van der Waals surface area contributed by atoms with Crippen molar-refractivity contribution in [3.63, 3.8) is 0 Å². The molecule has 0 bridgehead atoms. The molecule has 1 aromatic carbocycles. The van der Waals surface area contributed by atoms with Gasteiger partial charge >= 0.3 is 0 Å². The van der Waals surface area contributed by atoms with Crippen LogP contribution in [-0.4, -0.2) is 64.9 Å². The third-order valence-corrected chi connectivity index (χ3v) is 5.03. The van der Waals surface area contributed by atoms with Gasteiger partial charge in [0.15, 0.2) is 5.96 Å². The number of aliphatic imine (C=N–C) groups is 1. The zero-order chi connectivity index (χ0) is 20.6. The van der Waals surface area contributed by atoms with E-state index in [2.05, 4.69) is 50.7 Å². The van der Waals surface area contributed by atoms with Gasteiger partial charge in [0.25, 0.3) is 0 Å². The van der Waals surface area contributed by atoms with Crippen LogP contribution in [0.5, 0.6) is 0 Å². The number of hydrogen-bond donors (Lipinski definition) is 1. The lowest BCUT2D eigenvalue weighted by Crippen LogP contribution is -2.53. The van der Waals surface area contributed by atoms with Gasteiger partial charge < -0.3 is 19.7 Å². The molecule has 8 heteroatoms. The fourth-order valence-corrected chi connectivity index (χ4v) is 3.43. The van der Waals surface area contributed by atoms with Crippen LogP contribution in [0.3, 0.4) is 0 Å². The fraction of sp³-hybridized carbons (Fsp3) is 0.571. The Bertz CT molecular complexity index is 794. The van der Waals surface area contributed by atoms with E-state index in [1.807, 2.05) is 12.1 Å². The molecule has 1 aromatic heterocycles. The third-order valence-electron chi connectivity index (χ3n) is 5.03. The summed E-state index contributed by atoms with van der Waals surface area (Å²) in [7, 11) is 0. The number of aryl methyl sites for hydroxylation is 1. The minimum atomic E-state index is -0.159. The van der Waals surface area contributed by atoms with Crippen molar-refractivity contribution in [2.45, 2.75) is 33.7 Å². The second-order valence-electron chi connectivity index (χ2n) is 7.70. The van der Waals surface area contributed by atoms with Crippen molar-refractivity contribution in [1.82, 2.24) is 25.0 Å². The van der Waals surface area contributed by atoms with Crippen LogP contribution in [0.2, 0.25) is 0 Å². The number of guanidine groups is 1. The number of nitrogens with zero attached hydrogens (tertiary/aromatic N) is 6. The smallest absolute Gasteiger partial charge is 0.194 e. The number of benzene rings is 1. The van der Waals surface area contributed by atoms with Gasteiger partial charge in [0.1, 0.15) is 18.0 Å². The van der Waals surface area contributed by atoms with E-state index in [0.717, 1.165) is 64.0 Å². The molecule has 1 N–H and O–H groups in total. The van der Waals surface area contributed by atoms with E-state index in [1.54, 1.807) is 12.4 Å². The van der Waals surface area contributed by atoms with E-state index in [0.29, 0.717) is 11.6 Å². The molecular weight excluding hydrogens is 369 g/mol. The normalized spacial score (nSPS) is 15.3. The number of nitrogens with one attached hydrogen (secondary N) is 1. The van der Waals surface area contributed by atoms with Crippen molar-refractivity contribution < 1.29 is 4.39 Å². The Balaban J connectivity index is 1.59. The van der Waals surface area contributed by atoms with Crippen LogP contribution >= 0.6 is 0 Å². The highest BCUT2D eigenvalue weighted by atomic mass is 19.1. The van der Waals surface area contributed by atoms with Gasteiger partial charge in [-0.15, -0.1) is 10.2 Å². The maximum atomic E-state index is 14.1. The number of piperazine rings is 1. The molecular formula is C21H32FN7. The van der Waals surface area contributed by atoms with Gasteiger partial charge in [-0.2, -0.15) is 0 Å². The lowest BCUT2D eigenvalue weighted by molar-refractivity contribution is 0.368. The summed E-state index contributed by atoms with van der Waals surface area (Å²) in [6.07, 6.45) is 2.64. The number of aromatic nitrogens is 3. The Kier molecular flexibility index (Phi) is 7.43. The highest BCUT2D eigenvalue weighted by molar-refractivity contribution is 5.80. The summed E-state index contributed by atoms with van der Waals surface area (Å²) in [5, 5.41) is 11.6. The molecule has 0 unspecified atom stereocenters. The molecule has 1 saturated heterocycles. The van der Waals surface area contributed by atoms with E-state index < -0.39 is 0 Å². The van der Waals surface area contributed by atoms with Crippen molar-refractivity contribution in [2.24, 2.45) is 10.9 Å². The Morgan fingerprint density at radius 2 is 1.97 bits per heavy atom. The maximum Gasteiger partial charge on any atom is 0.194 e. The van der Waals surface area contributed by atoms with Crippen LogP contribution in [0.4, 0.5) is 10.1 Å². The summed E-state index contributed by atoms with van der Waals surface area (Å²) in [5.74, 6) is 2.26. The standard InChI is InChI=1S/C21H32FN7/c1-4-20-26-25-16-29(20)10-9-23-21(24-15-17(2)3)28-13-11-27(12-14-28)19-8-6-5-7-18(19)22/h5-8,16-17H,4,9-15H2,1-3H3,(H,23,24). The Hall–Kier alpha value is -2.64. The first-order valence-electron chi connectivity index (χ1n) is 10.5. The van der Waals surface area contributed by atoms with E-state index >= 15 is 0 Å². The first-order valence-corrected chi connectivity index (χ1v) is 10.5. The summed E-state index contributed by atoms with van der Waals surface area (Å²) in [5.41, 5.74) is 0.681. The van der Waals surface area contributed by atoms with Crippen molar-refractivity contribution in [3.05, 3.63) is 42.2 Å². The molecule has 0 spiro atoms. The SMILES string of the molecule is CCc1nncn1CCNC(=NCC(C)C)N1CCN(c2ccccc2F)CC1. The van der Waals surface area contributed by atoms with E-state index in [1.165, 1.54) is 6.07 Å². The van der Waals surface area contributed by atoms with E-state index in [-0.39, 0.29) is 5.82 Å².